The lowest BCUT2D eigenvalue weighted by molar-refractivity contribution is -0.142. The van der Waals surface area contributed by atoms with Gasteiger partial charge >= 0.3 is 6.18 Å². The molecular weight excluding hydrogens is 413 g/mol. The molecule has 164 valence electrons. The molecule has 0 spiro atoms. The molecule has 1 aromatic carbocycles. The fourth-order valence-electron chi connectivity index (χ4n) is 3.64. The van der Waals surface area contributed by atoms with Crippen LogP contribution in [0.5, 0.6) is 5.75 Å². The Morgan fingerprint density at radius 1 is 1.26 bits per heavy atom. The van der Waals surface area contributed by atoms with Crippen molar-refractivity contribution in [2.75, 3.05) is 13.2 Å². The molecule has 1 aliphatic rings. The number of rotatable bonds is 5. The van der Waals surface area contributed by atoms with E-state index in [9.17, 15) is 18.0 Å². The third-order valence-corrected chi connectivity index (χ3v) is 5.17. The number of pyridine rings is 1. The Labute approximate surface area is 176 Å². The summed E-state index contributed by atoms with van der Waals surface area (Å²) < 4.78 is 56.0. The van der Waals surface area contributed by atoms with Crippen LogP contribution in [0.15, 0.2) is 40.9 Å². The van der Waals surface area contributed by atoms with Gasteiger partial charge in [0, 0.05) is 36.4 Å². The van der Waals surface area contributed by atoms with Crippen molar-refractivity contribution in [3.63, 3.8) is 0 Å². The minimum absolute atomic E-state index is 0.0244. The molecule has 31 heavy (non-hydrogen) atoms. The van der Waals surface area contributed by atoms with E-state index < -0.39 is 11.9 Å². The van der Waals surface area contributed by atoms with E-state index in [0.29, 0.717) is 41.3 Å². The molecule has 1 aliphatic heterocycles. The first-order valence-corrected chi connectivity index (χ1v) is 9.88. The van der Waals surface area contributed by atoms with Crippen LogP contribution in [0.3, 0.4) is 0 Å². The molecule has 9 heteroatoms. The molecule has 3 aromatic rings. The van der Waals surface area contributed by atoms with Crippen LogP contribution in [-0.2, 0) is 17.5 Å². The number of furan rings is 1. The van der Waals surface area contributed by atoms with Gasteiger partial charge in [-0.05, 0) is 44.0 Å². The minimum atomic E-state index is -4.57. The van der Waals surface area contributed by atoms with Crippen LogP contribution < -0.4 is 10.1 Å². The average molecular weight is 434 g/mol. The van der Waals surface area contributed by atoms with Crippen molar-refractivity contribution in [2.45, 2.75) is 38.6 Å². The van der Waals surface area contributed by atoms with E-state index in [1.165, 1.54) is 12.1 Å². The van der Waals surface area contributed by atoms with Crippen molar-refractivity contribution in [1.29, 1.82) is 0 Å². The number of aromatic nitrogens is 1. The van der Waals surface area contributed by atoms with Crippen LogP contribution in [0.25, 0.3) is 11.0 Å². The summed E-state index contributed by atoms with van der Waals surface area (Å²) in [7, 11) is 0. The molecule has 0 unspecified atom stereocenters. The molecule has 0 atom stereocenters. The van der Waals surface area contributed by atoms with Crippen molar-refractivity contribution >= 4 is 16.9 Å². The lowest BCUT2D eigenvalue weighted by atomic mass is 10.1. The van der Waals surface area contributed by atoms with Gasteiger partial charge < -0.3 is 19.2 Å². The Morgan fingerprint density at radius 2 is 2.03 bits per heavy atom. The highest BCUT2D eigenvalue weighted by molar-refractivity contribution is 6.07. The monoisotopic (exact) mass is 434 g/mol. The molecule has 0 aliphatic carbocycles. The van der Waals surface area contributed by atoms with Gasteiger partial charge in [0.1, 0.15) is 23.7 Å². The predicted octanol–water partition coefficient (Wildman–Crippen LogP) is 4.64. The number of carbonyl (C=O) groups excluding carboxylic acids is 1. The number of nitrogens with one attached hydrogen (secondary N) is 1. The summed E-state index contributed by atoms with van der Waals surface area (Å²) in [5, 5.41) is 3.55. The van der Waals surface area contributed by atoms with Gasteiger partial charge in [0.2, 0.25) is 0 Å². The first kappa shape index (κ1) is 21.2. The molecule has 0 radical (unpaired) electrons. The summed E-state index contributed by atoms with van der Waals surface area (Å²) >= 11 is 0. The Hall–Kier alpha value is -3.07. The summed E-state index contributed by atoms with van der Waals surface area (Å²) in [6.45, 7) is 2.59. The van der Waals surface area contributed by atoms with Crippen LogP contribution in [0.4, 0.5) is 13.2 Å². The summed E-state index contributed by atoms with van der Waals surface area (Å²) in [4.78, 5) is 16.3. The first-order valence-electron chi connectivity index (χ1n) is 9.88. The lowest BCUT2D eigenvalue weighted by Gasteiger charge is -2.23. The Morgan fingerprint density at radius 3 is 2.77 bits per heavy atom. The smallest absolute Gasteiger partial charge is 0.433 e. The summed E-state index contributed by atoms with van der Waals surface area (Å²) in [5.41, 5.74) is -0.161. The Balaban J connectivity index is 1.56. The van der Waals surface area contributed by atoms with E-state index in [1.807, 2.05) is 0 Å². The van der Waals surface area contributed by atoms with Gasteiger partial charge in [-0.25, -0.2) is 0 Å². The number of fused-ring (bicyclic) bond motifs is 1. The van der Waals surface area contributed by atoms with E-state index in [0.717, 1.165) is 19.0 Å². The number of carbonyl (C=O) groups is 1. The van der Waals surface area contributed by atoms with E-state index in [-0.39, 0.29) is 24.1 Å². The number of aryl methyl sites for hydroxylation is 1. The molecule has 3 heterocycles. The molecule has 4 rings (SSSR count). The summed E-state index contributed by atoms with van der Waals surface area (Å²) in [5.74, 6) is 0.528. The molecular formula is C22H21F3N2O4. The van der Waals surface area contributed by atoms with Crippen molar-refractivity contribution in [1.82, 2.24) is 10.3 Å². The number of amides is 1. The summed E-state index contributed by atoms with van der Waals surface area (Å²) in [6.07, 6.45) is -2.00. The number of halogens is 3. The topological polar surface area (TPSA) is 73.6 Å². The molecule has 1 saturated heterocycles. The quantitative estimate of drug-likeness (QED) is 0.633. The maximum absolute atomic E-state index is 13.1. The van der Waals surface area contributed by atoms with E-state index >= 15 is 0 Å². The van der Waals surface area contributed by atoms with Gasteiger partial charge in [-0.15, -0.1) is 0 Å². The van der Waals surface area contributed by atoms with Crippen molar-refractivity contribution in [3.8, 4) is 5.75 Å². The van der Waals surface area contributed by atoms with Gasteiger partial charge in [0.25, 0.3) is 5.91 Å². The van der Waals surface area contributed by atoms with Crippen molar-refractivity contribution in [2.24, 2.45) is 0 Å². The second kappa shape index (κ2) is 8.58. The number of hydrogen-bond donors (Lipinski definition) is 1. The maximum atomic E-state index is 13.1. The van der Waals surface area contributed by atoms with Crippen LogP contribution in [-0.4, -0.2) is 30.1 Å². The third-order valence-electron chi connectivity index (χ3n) is 5.17. The van der Waals surface area contributed by atoms with Crippen LogP contribution in [0.1, 0.15) is 40.2 Å². The number of hydrogen-bond acceptors (Lipinski definition) is 5. The normalized spacial score (nSPS) is 15.2. The highest BCUT2D eigenvalue weighted by Gasteiger charge is 2.35. The Kier molecular flexibility index (Phi) is 5.86. The van der Waals surface area contributed by atoms with Gasteiger partial charge in [-0.1, -0.05) is 6.07 Å². The fourth-order valence-corrected chi connectivity index (χ4v) is 3.64. The van der Waals surface area contributed by atoms with Gasteiger partial charge in [-0.3, -0.25) is 9.78 Å². The number of benzene rings is 1. The SMILES string of the molecule is Cc1oc2ccc(OCc3cccnc3C(F)(F)F)cc2c1C(=O)NC1CCOCC1. The molecule has 0 saturated carbocycles. The average Bonchev–Trinajstić information content (AvgIpc) is 3.07. The largest absolute Gasteiger partial charge is 0.489 e. The number of nitrogens with zero attached hydrogens (tertiary/aromatic N) is 1. The maximum Gasteiger partial charge on any atom is 0.433 e. The van der Waals surface area contributed by atoms with E-state index in [2.05, 4.69) is 10.3 Å². The van der Waals surface area contributed by atoms with Crippen LogP contribution in [0, 0.1) is 6.92 Å². The third kappa shape index (κ3) is 4.66. The van der Waals surface area contributed by atoms with Crippen LogP contribution in [0.2, 0.25) is 0 Å². The van der Waals surface area contributed by atoms with Crippen molar-refractivity contribution < 1.29 is 31.9 Å². The highest BCUT2D eigenvalue weighted by Crippen LogP contribution is 2.32. The second-order valence-electron chi connectivity index (χ2n) is 7.35. The zero-order valence-electron chi connectivity index (χ0n) is 16.8. The number of ether oxygens (including phenoxy) is 2. The van der Waals surface area contributed by atoms with E-state index in [4.69, 9.17) is 13.9 Å². The number of alkyl halides is 3. The zero-order chi connectivity index (χ0) is 22.0. The molecule has 1 amide bonds. The predicted molar refractivity (Wildman–Crippen MR) is 106 cm³/mol. The molecule has 1 fully saturated rings. The van der Waals surface area contributed by atoms with Gasteiger partial charge in [0.05, 0.1) is 5.56 Å². The van der Waals surface area contributed by atoms with Crippen molar-refractivity contribution in [3.05, 3.63) is 59.1 Å². The summed E-state index contributed by atoms with van der Waals surface area (Å²) in [6, 6.07) is 7.61. The standard InChI is InChI=1S/C22H21F3N2O4/c1-13-19(21(28)27-15-6-9-29-10-7-15)17-11-16(4-5-18(17)31-13)30-12-14-3-2-8-26-20(14)22(23,24)25/h2-5,8,11,15H,6-7,9-10,12H2,1H3,(H,27,28). The highest BCUT2D eigenvalue weighted by atomic mass is 19.4. The second-order valence-corrected chi connectivity index (χ2v) is 7.35. The van der Waals surface area contributed by atoms with Gasteiger partial charge in [0.15, 0.2) is 5.69 Å². The van der Waals surface area contributed by atoms with Gasteiger partial charge in [-0.2, -0.15) is 13.2 Å². The first-order chi connectivity index (χ1) is 14.8. The minimum Gasteiger partial charge on any atom is -0.489 e. The Bertz CT molecular complexity index is 1090. The van der Waals surface area contributed by atoms with Crippen LogP contribution >= 0.6 is 0 Å². The molecule has 0 bridgehead atoms. The molecule has 6 nitrogen and oxygen atoms in total. The lowest BCUT2D eigenvalue weighted by Crippen LogP contribution is -2.39. The fraction of sp³-hybridized carbons (Fsp3) is 0.364. The van der Waals surface area contributed by atoms with E-state index in [1.54, 1.807) is 25.1 Å². The molecule has 1 N–H and O–H groups in total. The zero-order valence-corrected chi connectivity index (χ0v) is 16.8. The molecule has 2 aromatic heterocycles.